The van der Waals surface area contributed by atoms with Crippen LogP contribution in [0.4, 0.5) is 0 Å². The van der Waals surface area contributed by atoms with Crippen LogP contribution in [0.1, 0.15) is 27.5 Å². The molecule has 0 spiro atoms. The lowest BCUT2D eigenvalue weighted by Crippen LogP contribution is -2.25. The van der Waals surface area contributed by atoms with E-state index >= 15 is 0 Å². The molecular formula is C22H20ClN5O2. The van der Waals surface area contributed by atoms with Crippen molar-refractivity contribution < 1.29 is 9.21 Å². The Hall–Kier alpha value is -3.45. The van der Waals surface area contributed by atoms with Crippen LogP contribution in [0, 0.1) is 13.8 Å². The van der Waals surface area contributed by atoms with Crippen LogP contribution >= 0.6 is 11.6 Å². The lowest BCUT2D eigenvalue weighted by atomic mass is 10.1. The number of aromatic nitrogens is 4. The maximum Gasteiger partial charge on any atom is 0.268 e. The third kappa shape index (κ3) is 4.41. The normalized spacial score (nSPS) is 10.9. The van der Waals surface area contributed by atoms with E-state index in [0.717, 1.165) is 16.9 Å². The fourth-order valence-corrected chi connectivity index (χ4v) is 3.35. The number of carbonyl (C=O) groups is 1. The van der Waals surface area contributed by atoms with Crippen LogP contribution in [0.15, 0.2) is 59.0 Å². The minimum Gasteiger partial charge on any atom is -0.420 e. The molecular weight excluding hydrogens is 402 g/mol. The highest BCUT2D eigenvalue weighted by molar-refractivity contribution is 6.30. The molecule has 0 saturated heterocycles. The highest BCUT2D eigenvalue weighted by Gasteiger charge is 2.14. The quantitative estimate of drug-likeness (QED) is 0.505. The molecule has 0 aliphatic rings. The number of benzene rings is 2. The summed E-state index contributed by atoms with van der Waals surface area (Å²) in [5.41, 5.74) is 3.89. The zero-order chi connectivity index (χ0) is 21.1. The van der Waals surface area contributed by atoms with E-state index in [1.54, 1.807) is 23.7 Å². The molecule has 0 radical (unpaired) electrons. The topological polar surface area (TPSA) is 85.8 Å². The lowest BCUT2D eigenvalue weighted by molar-refractivity contribution is 0.0954. The molecule has 8 heteroatoms. The van der Waals surface area contributed by atoms with Crippen LogP contribution in [0.3, 0.4) is 0 Å². The minimum atomic E-state index is -0.142. The highest BCUT2D eigenvalue weighted by atomic mass is 35.5. The molecule has 0 fully saturated rings. The molecule has 0 aliphatic heterocycles. The molecule has 7 nitrogen and oxygen atoms in total. The van der Waals surface area contributed by atoms with Crippen molar-refractivity contribution in [3.63, 3.8) is 0 Å². The van der Waals surface area contributed by atoms with Crippen LogP contribution < -0.4 is 5.32 Å². The molecule has 4 aromatic rings. The Morgan fingerprint density at radius 2 is 1.93 bits per heavy atom. The number of hydrogen-bond acceptors (Lipinski definition) is 5. The van der Waals surface area contributed by atoms with Gasteiger partial charge >= 0.3 is 0 Å². The number of hydrogen-bond donors (Lipinski definition) is 1. The van der Waals surface area contributed by atoms with Gasteiger partial charge in [-0.25, -0.2) is 4.68 Å². The number of carbonyl (C=O) groups excluding carboxylic acids is 1. The third-order valence-corrected chi connectivity index (χ3v) is 4.81. The van der Waals surface area contributed by atoms with Gasteiger partial charge in [0.05, 0.1) is 5.69 Å². The van der Waals surface area contributed by atoms with Gasteiger partial charge in [-0.3, -0.25) is 4.79 Å². The van der Waals surface area contributed by atoms with Gasteiger partial charge in [-0.15, -0.1) is 10.2 Å². The first-order valence-electron chi connectivity index (χ1n) is 9.50. The second kappa shape index (κ2) is 8.51. The Kier molecular flexibility index (Phi) is 5.63. The lowest BCUT2D eigenvalue weighted by Gasteiger charge is -2.09. The van der Waals surface area contributed by atoms with Crippen molar-refractivity contribution in [2.45, 2.75) is 20.3 Å². The number of nitrogens with one attached hydrogen (secondary N) is 1. The van der Waals surface area contributed by atoms with E-state index in [1.165, 1.54) is 0 Å². The number of amides is 1. The molecule has 0 unspecified atom stereocenters. The van der Waals surface area contributed by atoms with E-state index in [4.69, 9.17) is 16.0 Å². The van der Waals surface area contributed by atoms with Gasteiger partial charge in [0, 0.05) is 29.7 Å². The SMILES string of the molecule is Cc1nnc(-c2cc(C)n(-c3cccc(C(=O)NCCc4cccc(Cl)c4)c3)n2)o1. The molecule has 1 N–H and O–H groups in total. The first kappa shape index (κ1) is 19.8. The van der Waals surface area contributed by atoms with Crippen LogP contribution in [-0.2, 0) is 6.42 Å². The van der Waals surface area contributed by atoms with E-state index in [0.29, 0.717) is 41.0 Å². The number of nitrogens with zero attached hydrogens (tertiary/aromatic N) is 4. The second-order valence-electron chi connectivity index (χ2n) is 6.90. The van der Waals surface area contributed by atoms with E-state index in [9.17, 15) is 4.79 Å². The van der Waals surface area contributed by atoms with Gasteiger partial charge in [-0.1, -0.05) is 29.8 Å². The third-order valence-electron chi connectivity index (χ3n) is 4.57. The number of aryl methyl sites for hydroxylation is 2. The molecule has 0 atom stereocenters. The average molecular weight is 422 g/mol. The summed E-state index contributed by atoms with van der Waals surface area (Å²) < 4.78 is 7.20. The summed E-state index contributed by atoms with van der Waals surface area (Å²) >= 11 is 6.00. The maximum absolute atomic E-state index is 12.6. The zero-order valence-corrected chi connectivity index (χ0v) is 17.3. The van der Waals surface area contributed by atoms with Crippen molar-refractivity contribution in [1.82, 2.24) is 25.3 Å². The summed E-state index contributed by atoms with van der Waals surface area (Å²) in [4.78, 5) is 12.6. The standard InChI is InChI=1S/C22H20ClN5O2/c1-14-11-20(22-26-25-15(2)30-22)27-28(14)19-8-4-6-17(13-19)21(29)24-10-9-16-5-3-7-18(23)12-16/h3-8,11-13H,9-10H2,1-2H3,(H,24,29). The van der Waals surface area contributed by atoms with Gasteiger partial charge in [0.2, 0.25) is 5.89 Å². The first-order chi connectivity index (χ1) is 14.5. The fourth-order valence-electron chi connectivity index (χ4n) is 3.13. The molecule has 2 heterocycles. The zero-order valence-electron chi connectivity index (χ0n) is 16.6. The summed E-state index contributed by atoms with van der Waals surface area (Å²) in [6.07, 6.45) is 0.706. The molecule has 0 bridgehead atoms. The summed E-state index contributed by atoms with van der Waals surface area (Å²) in [6, 6.07) is 16.8. The predicted molar refractivity (Wildman–Crippen MR) is 114 cm³/mol. The molecule has 2 aromatic heterocycles. The molecule has 4 rings (SSSR count). The van der Waals surface area contributed by atoms with Crippen LogP contribution in [0.25, 0.3) is 17.3 Å². The smallest absolute Gasteiger partial charge is 0.268 e. The molecule has 152 valence electrons. The van der Waals surface area contributed by atoms with Gasteiger partial charge in [0.1, 0.15) is 5.69 Å². The molecule has 0 saturated carbocycles. The fraction of sp³-hybridized carbons (Fsp3) is 0.182. The van der Waals surface area contributed by atoms with Crippen LogP contribution in [-0.4, -0.2) is 32.4 Å². The highest BCUT2D eigenvalue weighted by Crippen LogP contribution is 2.21. The monoisotopic (exact) mass is 421 g/mol. The van der Waals surface area contributed by atoms with Crippen molar-refractivity contribution in [1.29, 1.82) is 0 Å². The summed E-state index contributed by atoms with van der Waals surface area (Å²) in [5.74, 6) is 0.703. The van der Waals surface area contributed by atoms with Crippen molar-refractivity contribution in [3.8, 4) is 17.3 Å². The average Bonchev–Trinajstić information content (AvgIpc) is 3.33. The van der Waals surface area contributed by atoms with Gasteiger partial charge < -0.3 is 9.73 Å². The maximum atomic E-state index is 12.6. The van der Waals surface area contributed by atoms with E-state index in [-0.39, 0.29) is 5.91 Å². The Morgan fingerprint density at radius 3 is 2.70 bits per heavy atom. The Bertz CT molecular complexity index is 1200. The first-order valence-corrected chi connectivity index (χ1v) is 9.87. The van der Waals surface area contributed by atoms with Crippen molar-refractivity contribution in [2.75, 3.05) is 6.54 Å². The van der Waals surface area contributed by atoms with Gasteiger partial charge in [0.25, 0.3) is 11.8 Å². The van der Waals surface area contributed by atoms with E-state index < -0.39 is 0 Å². The predicted octanol–water partition coefficient (Wildman–Crippen LogP) is 4.17. The Labute approximate surface area is 178 Å². The molecule has 30 heavy (non-hydrogen) atoms. The minimum absolute atomic E-state index is 0.142. The molecule has 0 aliphatic carbocycles. The van der Waals surface area contributed by atoms with Crippen molar-refractivity contribution >= 4 is 17.5 Å². The van der Waals surface area contributed by atoms with Crippen LogP contribution in [0.2, 0.25) is 5.02 Å². The number of rotatable bonds is 6. The van der Waals surface area contributed by atoms with Crippen molar-refractivity contribution in [2.24, 2.45) is 0 Å². The van der Waals surface area contributed by atoms with Gasteiger partial charge in [0.15, 0.2) is 0 Å². The summed E-state index contributed by atoms with van der Waals surface area (Å²) in [5, 5.41) is 16.0. The van der Waals surface area contributed by atoms with E-state index in [2.05, 4.69) is 20.6 Å². The largest absolute Gasteiger partial charge is 0.420 e. The van der Waals surface area contributed by atoms with Crippen LogP contribution in [0.5, 0.6) is 0 Å². The summed E-state index contributed by atoms with van der Waals surface area (Å²) in [7, 11) is 0. The van der Waals surface area contributed by atoms with Gasteiger partial charge in [-0.05, 0) is 55.3 Å². The van der Waals surface area contributed by atoms with Gasteiger partial charge in [-0.2, -0.15) is 5.10 Å². The van der Waals surface area contributed by atoms with Crippen molar-refractivity contribution in [3.05, 3.63) is 82.3 Å². The second-order valence-corrected chi connectivity index (χ2v) is 7.33. The Morgan fingerprint density at radius 1 is 1.10 bits per heavy atom. The molecule has 1 amide bonds. The summed E-state index contributed by atoms with van der Waals surface area (Å²) in [6.45, 7) is 4.18. The Balaban J connectivity index is 1.47. The van der Waals surface area contributed by atoms with E-state index in [1.807, 2.05) is 49.4 Å². The number of halogens is 1. The molecule has 2 aromatic carbocycles.